The fourth-order valence-corrected chi connectivity index (χ4v) is 6.02. The molecule has 5 atom stereocenters. The van der Waals surface area contributed by atoms with Gasteiger partial charge in [0.1, 0.15) is 18.1 Å². The van der Waals surface area contributed by atoms with Crippen molar-refractivity contribution in [2.24, 2.45) is 11.8 Å². The predicted molar refractivity (Wildman–Crippen MR) is 134 cm³/mol. The number of amides is 2. The maximum Gasteiger partial charge on any atom is 0.410 e. The van der Waals surface area contributed by atoms with Gasteiger partial charge in [0.25, 0.3) is 0 Å². The van der Waals surface area contributed by atoms with Crippen LogP contribution in [0.2, 0.25) is 0 Å². The lowest BCUT2D eigenvalue weighted by Gasteiger charge is -2.37. The van der Waals surface area contributed by atoms with Crippen LogP contribution in [0, 0.1) is 11.8 Å². The predicted octanol–water partition coefficient (Wildman–Crippen LogP) is 3.69. The molecule has 9 nitrogen and oxygen atoms in total. The van der Waals surface area contributed by atoms with E-state index in [0.717, 1.165) is 5.56 Å². The summed E-state index contributed by atoms with van der Waals surface area (Å²) in [5.41, 5.74) is 0.200. The van der Waals surface area contributed by atoms with Gasteiger partial charge in [0.15, 0.2) is 0 Å². The van der Waals surface area contributed by atoms with Crippen molar-refractivity contribution in [2.75, 3.05) is 13.2 Å². The number of hydrogen-bond acceptors (Lipinski definition) is 7. The zero-order chi connectivity index (χ0) is 26.7. The van der Waals surface area contributed by atoms with Crippen LogP contribution in [0.5, 0.6) is 0 Å². The number of carbonyl (C=O) groups is 4. The Bertz CT molecular complexity index is 1010. The highest BCUT2D eigenvalue weighted by Gasteiger charge is 2.55. The van der Waals surface area contributed by atoms with Crippen molar-refractivity contribution in [1.82, 2.24) is 9.80 Å². The molecule has 2 amide bonds. The van der Waals surface area contributed by atoms with Crippen molar-refractivity contribution in [3.63, 3.8) is 0 Å². The number of rotatable bonds is 7. The lowest BCUT2D eigenvalue weighted by molar-refractivity contribution is -0.154. The third-order valence-corrected chi connectivity index (χ3v) is 7.51. The molecule has 2 aliphatic heterocycles. The zero-order valence-electron chi connectivity index (χ0n) is 22.2. The Labute approximate surface area is 218 Å². The Kier molecular flexibility index (Phi) is 8.09. The Morgan fingerprint density at radius 1 is 1.03 bits per heavy atom. The van der Waals surface area contributed by atoms with Gasteiger partial charge in [-0.1, -0.05) is 30.3 Å². The molecule has 4 rings (SSSR count). The molecule has 3 aliphatic rings. The Morgan fingerprint density at radius 3 is 2.43 bits per heavy atom. The molecule has 0 radical (unpaired) electrons. The van der Waals surface area contributed by atoms with E-state index in [0.29, 0.717) is 32.2 Å². The molecule has 1 saturated carbocycles. The first kappa shape index (κ1) is 26.9. The molecule has 9 heteroatoms. The minimum atomic E-state index is -0.826. The monoisotopic (exact) mass is 514 g/mol. The van der Waals surface area contributed by atoms with Crippen LogP contribution < -0.4 is 0 Å². The second-order valence-electron chi connectivity index (χ2n) is 11.1. The van der Waals surface area contributed by atoms with Gasteiger partial charge in [-0.15, -0.1) is 0 Å². The van der Waals surface area contributed by atoms with Gasteiger partial charge < -0.3 is 24.0 Å². The van der Waals surface area contributed by atoms with E-state index >= 15 is 0 Å². The molecule has 1 aromatic rings. The largest absolute Gasteiger partial charge is 0.466 e. The Morgan fingerprint density at radius 2 is 1.76 bits per heavy atom. The first-order valence-corrected chi connectivity index (χ1v) is 13.3. The van der Waals surface area contributed by atoms with Crippen molar-refractivity contribution in [3.8, 4) is 0 Å². The standard InChI is InChI=1S/C28H38N2O7/c1-5-35-24(31)16-23-21-15-19(30(23)27(34)37-28(2,3)4)11-12-22(21)29-14-13-20(25(29)32)26(33)36-17-18-9-7-6-8-10-18/h6-10,19-23H,5,11-17H2,1-4H3/t19-,20?,21-,22+,23-/m1/s1. The van der Waals surface area contributed by atoms with Gasteiger partial charge in [0, 0.05) is 24.5 Å². The molecule has 0 N–H and O–H groups in total. The van der Waals surface area contributed by atoms with Crippen LogP contribution in [0.25, 0.3) is 0 Å². The van der Waals surface area contributed by atoms with E-state index in [9.17, 15) is 19.2 Å². The molecular formula is C28H38N2O7. The number of benzene rings is 1. The molecule has 3 fully saturated rings. The fraction of sp³-hybridized carbons (Fsp3) is 0.643. The summed E-state index contributed by atoms with van der Waals surface area (Å²) in [6, 6.07) is 8.73. The van der Waals surface area contributed by atoms with Gasteiger partial charge in [-0.2, -0.15) is 0 Å². The quantitative estimate of drug-likeness (QED) is 0.311. The van der Waals surface area contributed by atoms with Gasteiger partial charge in [0.2, 0.25) is 5.91 Å². The van der Waals surface area contributed by atoms with E-state index in [4.69, 9.17) is 14.2 Å². The molecule has 2 bridgehead atoms. The number of nitrogens with zero attached hydrogens (tertiary/aromatic N) is 2. The molecule has 0 aromatic heterocycles. The van der Waals surface area contributed by atoms with E-state index in [-0.39, 0.29) is 49.5 Å². The van der Waals surface area contributed by atoms with E-state index in [1.54, 1.807) is 16.7 Å². The summed E-state index contributed by atoms with van der Waals surface area (Å²) in [5, 5.41) is 0. The molecule has 2 saturated heterocycles. The molecule has 37 heavy (non-hydrogen) atoms. The second kappa shape index (κ2) is 11.1. The summed E-state index contributed by atoms with van der Waals surface area (Å²) < 4.78 is 16.4. The van der Waals surface area contributed by atoms with Crippen molar-refractivity contribution in [3.05, 3.63) is 35.9 Å². The molecule has 0 spiro atoms. The van der Waals surface area contributed by atoms with Crippen molar-refractivity contribution < 1.29 is 33.4 Å². The SMILES string of the molecule is CCOC(=O)C[C@@H]1[C@@H]2C[C@@H](CC[C@@H]2N2CCC(C(=O)OCc3ccccc3)C2=O)N1C(=O)OC(C)(C)C. The van der Waals surface area contributed by atoms with Gasteiger partial charge in [-0.3, -0.25) is 14.4 Å². The van der Waals surface area contributed by atoms with Crippen LogP contribution in [0.1, 0.15) is 65.4 Å². The average molecular weight is 515 g/mol. The van der Waals surface area contributed by atoms with Gasteiger partial charge in [-0.05, 0) is 58.9 Å². The summed E-state index contributed by atoms with van der Waals surface area (Å²) >= 11 is 0. The summed E-state index contributed by atoms with van der Waals surface area (Å²) in [7, 11) is 0. The fourth-order valence-electron chi connectivity index (χ4n) is 6.02. The van der Waals surface area contributed by atoms with Crippen molar-refractivity contribution in [2.45, 2.75) is 90.1 Å². The summed E-state index contributed by atoms with van der Waals surface area (Å²) in [6.45, 7) is 8.03. The first-order chi connectivity index (χ1) is 17.6. The molecule has 202 valence electrons. The van der Waals surface area contributed by atoms with E-state index in [1.165, 1.54) is 0 Å². The highest BCUT2D eigenvalue weighted by atomic mass is 16.6. The van der Waals surface area contributed by atoms with E-state index in [1.807, 2.05) is 51.1 Å². The average Bonchev–Trinajstić information content (AvgIpc) is 3.35. The third kappa shape index (κ3) is 6.08. The normalized spacial score (nSPS) is 27.2. The van der Waals surface area contributed by atoms with Crippen LogP contribution in [-0.2, 0) is 35.2 Å². The Hall–Kier alpha value is -3.10. The molecule has 1 aromatic carbocycles. The van der Waals surface area contributed by atoms with Crippen LogP contribution in [-0.4, -0.2) is 70.6 Å². The number of ether oxygens (including phenoxy) is 3. The number of esters is 2. The van der Waals surface area contributed by atoms with E-state index < -0.39 is 29.6 Å². The van der Waals surface area contributed by atoms with Crippen LogP contribution in [0.4, 0.5) is 4.79 Å². The molecular weight excluding hydrogens is 476 g/mol. The highest BCUT2D eigenvalue weighted by molar-refractivity contribution is 5.99. The minimum absolute atomic E-state index is 0.0509. The zero-order valence-corrected chi connectivity index (χ0v) is 22.2. The first-order valence-electron chi connectivity index (χ1n) is 13.3. The van der Waals surface area contributed by atoms with Gasteiger partial charge in [-0.25, -0.2) is 4.79 Å². The molecule has 1 unspecified atom stereocenters. The highest BCUT2D eigenvalue weighted by Crippen LogP contribution is 2.45. The van der Waals surface area contributed by atoms with Crippen LogP contribution in [0.15, 0.2) is 30.3 Å². The second-order valence-corrected chi connectivity index (χ2v) is 11.1. The number of hydrogen-bond donors (Lipinski definition) is 0. The van der Waals surface area contributed by atoms with Crippen molar-refractivity contribution >= 4 is 23.9 Å². The Balaban J connectivity index is 1.47. The van der Waals surface area contributed by atoms with Gasteiger partial charge >= 0.3 is 18.0 Å². The maximum absolute atomic E-state index is 13.4. The van der Waals surface area contributed by atoms with E-state index in [2.05, 4.69) is 0 Å². The van der Waals surface area contributed by atoms with Gasteiger partial charge in [0.05, 0.1) is 19.1 Å². The number of carbonyl (C=O) groups excluding carboxylic acids is 4. The number of likely N-dealkylation sites (tertiary alicyclic amines) is 2. The molecule has 2 heterocycles. The minimum Gasteiger partial charge on any atom is -0.466 e. The van der Waals surface area contributed by atoms with Crippen LogP contribution in [0.3, 0.4) is 0 Å². The summed E-state index contributed by atoms with van der Waals surface area (Å²) in [6.07, 6.45) is 2.09. The van der Waals surface area contributed by atoms with Crippen LogP contribution >= 0.6 is 0 Å². The lowest BCUT2D eigenvalue weighted by Crippen LogP contribution is -2.48. The van der Waals surface area contributed by atoms with Crippen molar-refractivity contribution in [1.29, 1.82) is 0 Å². The molecule has 1 aliphatic carbocycles. The lowest BCUT2D eigenvalue weighted by atomic mass is 9.81. The number of fused-ring (bicyclic) bond motifs is 2. The smallest absolute Gasteiger partial charge is 0.410 e. The summed E-state index contributed by atoms with van der Waals surface area (Å²) in [5.74, 6) is -2.03. The topological polar surface area (TPSA) is 102 Å². The summed E-state index contributed by atoms with van der Waals surface area (Å²) in [4.78, 5) is 55.4. The third-order valence-electron chi connectivity index (χ3n) is 7.51. The maximum atomic E-state index is 13.4.